The van der Waals surface area contributed by atoms with Crippen LogP contribution < -0.4 is 5.32 Å². The molecule has 5 nitrogen and oxygen atoms in total. The van der Waals surface area contributed by atoms with Gasteiger partial charge in [0.15, 0.2) is 11.5 Å². The van der Waals surface area contributed by atoms with Crippen molar-refractivity contribution < 1.29 is 4.79 Å². The van der Waals surface area contributed by atoms with Crippen LogP contribution in [0.5, 0.6) is 0 Å². The van der Waals surface area contributed by atoms with Crippen LogP contribution in [0.15, 0.2) is 54.8 Å². The molecule has 0 aliphatic heterocycles. The number of pyridine rings is 1. The highest BCUT2D eigenvalue weighted by atomic mass is 16.1. The van der Waals surface area contributed by atoms with Crippen molar-refractivity contribution in [1.29, 1.82) is 0 Å². The lowest BCUT2D eigenvalue weighted by Crippen LogP contribution is -2.25. The molecule has 1 N–H and O–H groups in total. The molecule has 0 atom stereocenters. The molecule has 26 heavy (non-hydrogen) atoms. The third-order valence-corrected chi connectivity index (χ3v) is 4.94. The van der Waals surface area contributed by atoms with Crippen molar-refractivity contribution in [1.82, 2.24) is 19.9 Å². The number of allylic oxidation sites excluding steroid dienone is 4. The van der Waals surface area contributed by atoms with Crippen LogP contribution in [-0.4, -0.2) is 26.5 Å². The van der Waals surface area contributed by atoms with E-state index in [0.717, 1.165) is 46.6 Å². The van der Waals surface area contributed by atoms with E-state index in [1.807, 2.05) is 59.2 Å². The fourth-order valence-corrected chi connectivity index (χ4v) is 3.17. The van der Waals surface area contributed by atoms with Gasteiger partial charge < -0.3 is 5.32 Å². The SMILES string of the molecule is Cc1ccc(C(=O)NC2CC2)cc1-c1ccn2c(C3=CC=C3)nnc2c1. The Bertz CT molecular complexity index is 1100. The van der Waals surface area contributed by atoms with Gasteiger partial charge in [-0.3, -0.25) is 9.20 Å². The Morgan fingerprint density at radius 3 is 2.77 bits per heavy atom. The third kappa shape index (κ3) is 2.52. The zero-order valence-corrected chi connectivity index (χ0v) is 14.4. The van der Waals surface area contributed by atoms with E-state index in [1.54, 1.807) is 0 Å². The second-order valence-electron chi connectivity index (χ2n) is 6.93. The number of nitrogens with one attached hydrogen (secondary N) is 1. The van der Waals surface area contributed by atoms with E-state index in [0.29, 0.717) is 11.6 Å². The summed E-state index contributed by atoms with van der Waals surface area (Å²) >= 11 is 0. The van der Waals surface area contributed by atoms with Gasteiger partial charge in [0.2, 0.25) is 0 Å². The Balaban J connectivity index is 1.53. The molecule has 1 fully saturated rings. The lowest BCUT2D eigenvalue weighted by molar-refractivity contribution is 0.0951. The molecular formula is C21H18N4O. The van der Waals surface area contributed by atoms with Gasteiger partial charge in [-0.2, -0.15) is 0 Å². The van der Waals surface area contributed by atoms with Crippen LogP contribution >= 0.6 is 0 Å². The molecule has 128 valence electrons. The Morgan fingerprint density at radius 1 is 1.19 bits per heavy atom. The summed E-state index contributed by atoms with van der Waals surface area (Å²) in [5, 5.41) is 11.6. The number of nitrogens with zero attached hydrogens (tertiary/aromatic N) is 3. The molecule has 0 saturated heterocycles. The maximum Gasteiger partial charge on any atom is 0.251 e. The van der Waals surface area contributed by atoms with Gasteiger partial charge in [-0.25, -0.2) is 0 Å². The molecular weight excluding hydrogens is 324 g/mol. The summed E-state index contributed by atoms with van der Waals surface area (Å²) in [5.74, 6) is 0.853. The van der Waals surface area contributed by atoms with E-state index >= 15 is 0 Å². The van der Waals surface area contributed by atoms with Crippen molar-refractivity contribution in [3.05, 3.63) is 71.7 Å². The van der Waals surface area contributed by atoms with Crippen LogP contribution in [0.1, 0.15) is 34.6 Å². The van der Waals surface area contributed by atoms with E-state index in [1.165, 1.54) is 0 Å². The van der Waals surface area contributed by atoms with Crippen molar-refractivity contribution in [2.45, 2.75) is 25.8 Å². The van der Waals surface area contributed by atoms with Gasteiger partial charge in [-0.15, -0.1) is 10.2 Å². The zero-order valence-electron chi connectivity index (χ0n) is 14.4. The summed E-state index contributed by atoms with van der Waals surface area (Å²) in [4.78, 5) is 12.4. The number of carbonyl (C=O) groups is 1. The Morgan fingerprint density at radius 2 is 2.04 bits per heavy atom. The fraction of sp³-hybridized carbons (Fsp3) is 0.190. The molecule has 1 amide bonds. The van der Waals surface area contributed by atoms with Crippen molar-refractivity contribution in [2.75, 3.05) is 0 Å². The highest BCUT2D eigenvalue weighted by Gasteiger charge is 2.24. The number of fused-ring (bicyclic) bond motifs is 1. The summed E-state index contributed by atoms with van der Waals surface area (Å²) in [5.41, 5.74) is 5.79. The molecule has 0 unspecified atom stereocenters. The quantitative estimate of drug-likeness (QED) is 0.789. The standard InChI is InChI=1S/C21H18N4O/c1-13-5-6-16(21(26)22-17-7-8-17)11-18(13)15-9-10-25-19(12-15)23-24-20(25)14-3-2-4-14/h2-6,9-12,17H,7-8H2,1H3,(H,22,26). The van der Waals surface area contributed by atoms with E-state index in [9.17, 15) is 4.79 Å². The average Bonchev–Trinajstić information content (AvgIpc) is 3.32. The molecule has 5 heteroatoms. The van der Waals surface area contributed by atoms with Gasteiger partial charge in [0, 0.05) is 23.4 Å². The van der Waals surface area contributed by atoms with Crippen molar-refractivity contribution in [3.63, 3.8) is 0 Å². The molecule has 0 spiro atoms. The molecule has 1 aromatic carbocycles. The van der Waals surface area contributed by atoms with Gasteiger partial charge in [-0.05, 0) is 60.7 Å². The molecule has 2 aromatic heterocycles. The Labute approximate surface area is 151 Å². The van der Waals surface area contributed by atoms with E-state index in [-0.39, 0.29) is 5.91 Å². The molecule has 5 rings (SSSR count). The highest BCUT2D eigenvalue weighted by Crippen LogP contribution is 2.28. The zero-order chi connectivity index (χ0) is 17.7. The van der Waals surface area contributed by atoms with Crippen LogP contribution in [0.4, 0.5) is 0 Å². The van der Waals surface area contributed by atoms with Gasteiger partial charge in [0.1, 0.15) is 0 Å². The lowest BCUT2D eigenvalue weighted by Gasteiger charge is -2.10. The summed E-state index contributed by atoms with van der Waals surface area (Å²) in [6, 6.07) is 10.3. The molecule has 2 heterocycles. The molecule has 0 bridgehead atoms. The minimum absolute atomic E-state index is 0.00306. The fourth-order valence-electron chi connectivity index (χ4n) is 3.17. The molecule has 1 saturated carbocycles. The first-order chi connectivity index (χ1) is 12.7. The Hall–Kier alpha value is -3.21. The smallest absolute Gasteiger partial charge is 0.251 e. The Kier molecular flexibility index (Phi) is 3.28. The summed E-state index contributed by atoms with van der Waals surface area (Å²) in [6.45, 7) is 2.06. The largest absolute Gasteiger partial charge is 0.349 e. The number of rotatable bonds is 4. The van der Waals surface area contributed by atoms with Crippen molar-refractivity contribution in [2.24, 2.45) is 0 Å². The lowest BCUT2D eigenvalue weighted by atomic mass is 9.98. The number of hydrogen-bond donors (Lipinski definition) is 1. The van der Waals surface area contributed by atoms with Gasteiger partial charge in [-0.1, -0.05) is 24.3 Å². The predicted molar refractivity (Wildman–Crippen MR) is 101 cm³/mol. The number of carbonyl (C=O) groups excluding carboxylic acids is 1. The summed E-state index contributed by atoms with van der Waals surface area (Å²) < 4.78 is 1.98. The van der Waals surface area contributed by atoms with Crippen molar-refractivity contribution >= 4 is 17.1 Å². The van der Waals surface area contributed by atoms with Crippen LogP contribution in [-0.2, 0) is 0 Å². The summed E-state index contributed by atoms with van der Waals surface area (Å²) in [6.07, 6.45) is 10.2. The molecule has 2 aliphatic carbocycles. The number of amides is 1. The predicted octanol–water partition coefficient (Wildman–Crippen LogP) is 3.55. The van der Waals surface area contributed by atoms with Crippen LogP contribution in [0.3, 0.4) is 0 Å². The highest BCUT2D eigenvalue weighted by molar-refractivity contribution is 5.96. The van der Waals surface area contributed by atoms with Gasteiger partial charge in [0.25, 0.3) is 5.91 Å². The van der Waals surface area contributed by atoms with E-state index in [4.69, 9.17) is 0 Å². The summed E-state index contributed by atoms with van der Waals surface area (Å²) in [7, 11) is 0. The number of benzene rings is 1. The number of hydrogen-bond acceptors (Lipinski definition) is 3. The average molecular weight is 342 g/mol. The van der Waals surface area contributed by atoms with Gasteiger partial charge >= 0.3 is 0 Å². The molecule has 0 radical (unpaired) electrons. The van der Waals surface area contributed by atoms with Gasteiger partial charge in [0.05, 0.1) is 0 Å². The van der Waals surface area contributed by atoms with Crippen LogP contribution in [0.2, 0.25) is 0 Å². The minimum atomic E-state index is 0.00306. The number of aromatic nitrogens is 3. The maximum atomic E-state index is 12.4. The van der Waals surface area contributed by atoms with E-state index < -0.39 is 0 Å². The van der Waals surface area contributed by atoms with Crippen molar-refractivity contribution in [3.8, 4) is 11.1 Å². The van der Waals surface area contributed by atoms with Crippen LogP contribution in [0, 0.1) is 6.92 Å². The second kappa shape index (κ2) is 5.66. The second-order valence-corrected chi connectivity index (χ2v) is 6.93. The molecule has 2 aliphatic rings. The van der Waals surface area contributed by atoms with Crippen LogP contribution in [0.25, 0.3) is 22.3 Å². The first-order valence-electron chi connectivity index (χ1n) is 8.84. The molecule has 3 aromatic rings. The topological polar surface area (TPSA) is 59.3 Å². The monoisotopic (exact) mass is 342 g/mol. The normalized spacial score (nSPS) is 15.7. The number of aryl methyl sites for hydroxylation is 1. The van der Waals surface area contributed by atoms with E-state index in [2.05, 4.69) is 22.4 Å². The first-order valence-corrected chi connectivity index (χ1v) is 8.84. The third-order valence-electron chi connectivity index (χ3n) is 4.94. The maximum absolute atomic E-state index is 12.4. The first kappa shape index (κ1) is 15.1. The minimum Gasteiger partial charge on any atom is -0.349 e.